The molecule has 2 amide bonds. The monoisotopic (exact) mass is 278 g/mol. The number of carbonyl (C=O) groups is 2. The summed E-state index contributed by atoms with van der Waals surface area (Å²) in [5.41, 5.74) is 1.64. The lowest BCUT2D eigenvalue weighted by Crippen LogP contribution is -2.35. The van der Waals surface area contributed by atoms with Crippen LogP contribution in [0.4, 0.5) is 10.5 Å². The molecule has 0 aliphatic carbocycles. The summed E-state index contributed by atoms with van der Waals surface area (Å²) in [5.74, 6) is -0.858. The molecule has 0 aliphatic rings. The average Bonchev–Trinajstić information content (AvgIpc) is 2.38. The number of carboxylic acids is 1. The standard InChI is InChI=1S/C15H22N2O3/c1-4-11(3)16-15(20)17-13-7-5-12(6-8-13)10(2)9-14(18)19/h5-8,10-11H,4,9H2,1-3H3,(H,18,19)(H2,16,17,20). The number of hydrogen-bond donors (Lipinski definition) is 3. The third-order valence-corrected chi connectivity index (χ3v) is 3.21. The van der Waals surface area contributed by atoms with Crippen molar-refractivity contribution < 1.29 is 14.7 Å². The molecule has 0 radical (unpaired) electrons. The van der Waals surface area contributed by atoms with Crippen molar-refractivity contribution in [2.24, 2.45) is 0 Å². The summed E-state index contributed by atoms with van der Waals surface area (Å²) >= 11 is 0. The Bertz CT molecular complexity index is 457. The summed E-state index contributed by atoms with van der Waals surface area (Å²) in [6.07, 6.45) is 0.973. The molecule has 1 aromatic rings. The van der Waals surface area contributed by atoms with Crippen molar-refractivity contribution >= 4 is 17.7 Å². The fraction of sp³-hybridized carbons (Fsp3) is 0.467. The van der Waals surface area contributed by atoms with Gasteiger partial charge in [0.1, 0.15) is 0 Å². The molecule has 0 aliphatic heterocycles. The molecule has 0 fully saturated rings. The van der Waals surface area contributed by atoms with Crippen LogP contribution in [0.2, 0.25) is 0 Å². The van der Waals surface area contributed by atoms with Crippen LogP contribution in [-0.2, 0) is 4.79 Å². The van der Waals surface area contributed by atoms with Gasteiger partial charge in [-0.3, -0.25) is 4.79 Å². The van der Waals surface area contributed by atoms with Crippen LogP contribution in [0.5, 0.6) is 0 Å². The maximum absolute atomic E-state index is 11.6. The van der Waals surface area contributed by atoms with Crippen LogP contribution in [0.3, 0.4) is 0 Å². The second kappa shape index (κ2) is 7.53. The van der Waals surface area contributed by atoms with Crippen molar-refractivity contribution in [2.75, 3.05) is 5.32 Å². The van der Waals surface area contributed by atoms with Gasteiger partial charge in [-0.25, -0.2) is 4.79 Å². The zero-order valence-corrected chi connectivity index (χ0v) is 12.1. The number of anilines is 1. The number of aliphatic carboxylic acids is 1. The van der Waals surface area contributed by atoms with E-state index < -0.39 is 5.97 Å². The van der Waals surface area contributed by atoms with Gasteiger partial charge in [0.15, 0.2) is 0 Å². The van der Waals surface area contributed by atoms with Crippen LogP contribution in [0.1, 0.15) is 45.1 Å². The smallest absolute Gasteiger partial charge is 0.319 e. The van der Waals surface area contributed by atoms with Crippen molar-refractivity contribution in [3.8, 4) is 0 Å². The average molecular weight is 278 g/mol. The maximum atomic E-state index is 11.6. The Morgan fingerprint density at radius 1 is 1.20 bits per heavy atom. The molecule has 0 aromatic heterocycles. The number of nitrogens with one attached hydrogen (secondary N) is 2. The molecule has 0 saturated heterocycles. The fourth-order valence-electron chi connectivity index (χ4n) is 1.77. The second-order valence-electron chi connectivity index (χ2n) is 5.03. The van der Waals surface area contributed by atoms with Crippen molar-refractivity contribution in [1.82, 2.24) is 5.32 Å². The molecule has 20 heavy (non-hydrogen) atoms. The third-order valence-electron chi connectivity index (χ3n) is 3.21. The van der Waals surface area contributed by atoms with Crippen molar-refractivity contribution in [3.05, 3.63) is 29.8 Å². The van der Waals surface area contributed by atoms with Crippen LogP contribution >= 0.6 is 0 Å². The Kier molecular flexibility index (Phi) is 6.03. The summed E-state index contributed by atoms with van der Waals surface area (Å²) in [5, 5.41) is 14.3. The van der Waals surface area contributed by atoms with Crippen molar-refractivity contribution in [3.63, 3.8) is 0 Å². The molecule has 2 unspecified atom stereocenters. The number of amides is 2. The molecule has 3 N–H and O–H groups in total. The first-order valence-corrected chi connectivity index (χ1v) is 6.81. The summed E-state index contributed by atoms with van der Waals surface area (Å²) in [6.45, 7) is 5.81. The first-order valence-electron chi connectivity index (χ1n) is 6.81. The molecule has 5 nitrogen and oxygen atoms in total. The molecule has 110 valence electrons. The highest BCUT2D eigenvalue weighted by atomic mass is 16.4. The van der Waals surface area contributed by atoms with Crippen LogP contribution in [-0.4, -0.2) is 23.1 Å². The number of rotatable bonds is 6. The highest BCUT2D eigenvalue weighted by Crippen LogP contribution is 2.20. The molecule has 0 bridgehead atoms. The van der Waals surface area contributed by atoms with Gasteiger partial charge >= 0.3 is 12.0 Å². The van der Waals surface area contributed by atoms with Crippen LogP contribution in [0, 0.1) is 0 Å². The van der Waals surface area contributed by atoms with E-state index in [4.69, 9.17) is 5.11 Å². The second-order valence-corrected chi connectivity index (χ2v) is 5.03. The quantitative estimate of drug-likeness (QED) is 0.747. The van der Waals surface area contributed by atoms with Gasteiger partial charge in [-0.05, 0) is 37.0 Å². The van der Waals surface area contributed by atoms with E-state index in [-0.39, 0.29) is 24.4 Å². The minimum absolute atomic E-state index is 0.0458. The van der Waals surface area contributed by atoms with Gasteiger partial charge in [0.05, 0.1) is 6.42 Å². The Hall–Kier alpha value is -2.04. The van der Waals surface area contributed by atoms with E-state index in [0.717, 1.165) is 12.0 Å². The van der Waals surface area contributed by atoms with E-state index in [1.807, 2.05) is 32.9 Å². The van der Waals surface area contributed by atoms with E-state index in [0.29, 0.717) is 5.69 Å². The van der Waals surface area contributed by atoms with Gasteiger partial charge in [0.2, 0.25) is 0 Å². The SMILES string of the molecule is CCC(C)NC(=O)Nc1ccc(C(C)CC(=O)O)cc1. The maximum Gasteiger partial charge on any atom is 0.319 e. The van der Waals surface area contributed by atoms with Crippen LogP contribution in [0.25, 0.3) is 0 Å². The minimum atomic E-state index is -0.812. The highest BCUT2D eigenvalue weighted by molar-refractivity contribution is 5.89. The first-order chi connectivity index (χ1) is 9.42. The highest BCUT2D eigenvalue weighted by Gasteiger charge is 2.10. The molecule has 0 spiro atoms. The van der Waals surface area contributed by atoms with E-state index in [1.165, 1.54) is 0 Å². The first kappa shape index (κ1) is 16.0. The number of carboxylic acid groups (broad SMARTS) is 1. The topological polar surface area (TPSA) is 78.4 Å². The van der Waals surface area contributed by atoms with Gasteiger partial charge in [-0.15, -0.1) is 0 Å². The number of hydrogen-bond acceptors (Lipinski definition) is 2. The predicted molar refractivity (Wildman–Crippen MR) is 79.0 cm³/mol. The lowest BCUT2D eigenvalue weighted by atomic mass is 9.98. The zero-order chi connectivity index (χ0) is 15.1. The molecule has 2 atom stereocenters. The van der Waals surface area contributed by atoms with Crippen LogP contribution < -0.4 is 10.6 Å². The summed E-state index contributed by atoms with van der Waals surface area (Å²) in [6, 6.07) is 7.14. The number of urea groups is 1. The Morgan fingerprint density at radius 2 is 1.80 bits per heavy atom. The molecular formula is C15H22N2O3. The Morgan fingerprint density at radius 3 is 2.30 bits per heavy atom. The fourth-order valence-corrected chi connectivity index (χ4v) is 1.77. The molecule has 0 heterocycles. The molecule has 0 saturated carbocycles. The van der Waals surface area contributed by atoms with Crippen molar-refractivity contribution in [2.45, 2.75) is 45.6 Å². The minimum Gasteiger partial charge on any atom is -0.481 e. The largest absolute Gasteiger partial charge is 0.481 e. The van der Waals surface area contributed by atoms with Gasteiger partial charge < -0.3 is 15.7 Å². The van der Waals surface area contributed by atoms with Crippen molar-refractivity contribution in [1.29, 1.82) is 0 Å². The third kappa shape index (κ3) is 5.30. The van der Waals surface area contributed by atoms with Gasteiger partial charge in [0.25, 0.3) is 0 Å². The Balaban J connectivity index is 2.58. The normalized spacial score (nSPS) is 13.3. The lowest BCUT2D eigenvalue weighted by molar-refractivity contribution is -0.137. The van der Waals surface area contributed by atoms with Gasteiger partial charge in [-0.1, -0.05) is 26.0 Å². The van der Waals surface area contributed by atoms with E-state index in [2.05, 4.69) is 10.6 Å². The lowest BCUT2D eigenvalue weighted by Gasteiger charge is -2.13. The van der Waals surface area contributed by atoms with Gasteiger partial charge in [-0.2, -0.15) is 0 Å². The zero-order valence-electron chi connectivity index (χ0n) is 12.1. The van der Waals surface area contributed by atoms with Crippen LogP contribution in [0.15, 0.2) is 24.3 Å². The number of benzene rings is 1. The summed E-state index contributed by atoms with van der Waals surface area (Å²) < 4.78 is 0. The number of carbonyl (C=O) groups excluding carboxylic acids is 1. The summed E-state index contributed by atoms with van der Waals surface area (Å²) in [7, 11) is 0. The van der Waals surface area contributed by atoms with Gasteiger partial charge in [0, 0.05) is 11.7 Å². The molecule has 5 heteroatoms. The van der Waals surface area contributed by atoms with E-state index in [1.54, 1.807) is 12.1 Å². The molecule has 1 aromatic carbocycles. The summed E-state index contributed by atoms with van der Waals surface area (Å²) in [4.78, 5) is 22.3. The predicted octanol–water partition coefficient (Wildman–Crippen LogP) is 3.18. The van der Waals surface area contributed by atoms with E-state index >= 15 is 0 Å². The Labute approximate surface area is 119 Å². The molecular weight excluding hydrogens is 256 g/mol. The van der Waals surface area contributed by atoms with E-state index in [9.17, 15) is 9.59 Å². The molecule has 1 rings (SSSR count).